The molecule has 8 heteroatoms. The molecule has 0 radical (unpaired) electrons. The zero-order valence-corrected chi connectivity index (χ0v) is 14.7. The van der Waals surface area contributed by atoms with Gasteiger partial charge in [-0.3, -0.25) is 4.79 Å². The molecule has 4 rings (SSSR count). The number of aryl methyl sites for hydroxylation is 1. The van der Waals surface area contributed by atoms with Crippen LogP contribution in [0.5, 0.6) is 0 Å². The number of aromatic nitrogens is 1. The molecule has 128 valence electrons. The fourth-order valence-electron chi connectivity index (χ4n) is 3.71. The lowest BCUT2D eigenvalue weighted by Crippen LogP contribution is -2.35. The smallest absolute Gasteiger partial charge is 0.223 e. The molecule has 1 aromatic carbocycles. The number of likely N-dealkylation sites (tertiary alicyclic amines) is 1. The quantitative estimate of drug-likeness (QED) is 0.869. The SMILES string of the molecule is N[C@@H]1CS(=O)(=O)[C@H]2CN(C(=O)CCc3nc4ccccc4s3)C[C@@H]12. The Morgan fingerprint density at radius 3 is 2.88 bits per heavy atom. The van der Waals surface area contributed by atoms with Gasteiger partial charge in [-0.05, 0) is 12.1 Å². The zero-order chi connectivity index (χ0) is 16.9. The maximum Gasteiger partial charge on any atom is 0.223 e. The maximum absolute atomic E-state index is 12.4. The number of para-hydroxylation sites is 1. The summed E-state index contributed by atoms with van der Waals surface area (Å²) < 4.78 is 25.3. The van der Waals surface area contributed by atoms with E-state index < -0.39 is 15.1 Å². The molecule has 2 aliphatic rings. The molecular weight excluding hydrogens is 346 g/mol. The van der Waals surface area contributed by atoms with Crippen molar-refractivity contribution in [3.63, 3.8) is 0 Å². The number of hydrogen-bond donors (Lipinski definition) is 1. The van der Waals surface area contributed by atoms with Crippen LogP contribution in [0.3, 0.4) is 0 Å². The van der Waals surface area contributed by atoms with Gasteiger partial charge in [0.15, 0.2) is 9.84 Å². The average Bonchev–Trinajstić information content (AvgIpc) is 3.20. The van der Waals surface area contributed by atoms with Gasteiger partial charge in [0.25, 0.3) is 0 Å². The fraction of sp³-hybridized carbons (Fsp3) is 0.500. The minimum absolute atomic E-state index is 0.00828. The highest BCUT2D eigenvalue weighted by Gasteiger charge is 2.51. The molecule has 2 aromatic rings. The largest absolute Gasteiger partial charge is 0.341 e. The van der Waals surface area contributed by atoms with E-state index in [-0.39, 0.29) is 23.6 Å². The molecule has 2 aliphatic heterocycles. The standard InChI is InChI=1S/C16H19N3O3S2/c17-11-9-24(21,22)14-8-19(7-10(11)14)16(20)6-5-15-18-12-3-1-2-4-13(12)23-15/h1-4,10-11,14H,5-9,17H2/t10-,11+,14-/m0/s1. The van der Waals surface area contributed by atoms with Crippen LogP contribution in [0.1, 0.15) is 11.4 Å². The number of nitrogens with zero attached hydrogens (tertiary/aromatic N) is 2. The molecule has 0 saturated carbocycles. The van der Waals surface area contributed by atoms with Crippen LogP contribution in [-0.4, -0.2) is 54.3 Å². The Morgan fingerprint density at radius 2 is 2.12 bits per heavy atom. The Hall–Kier alpha value is -1.51. The van der Waals surface area contributed by atoms with E-state index in [4.69, 9.17) is 5.73 Å². The first kappa shape index (κ1) is 16.0. The minimum Gasteiger partial charge on any atom is -0.341 e. The molecule has 2 fully saturated rings. The van der Waals surface area contributed by atoms with E-state index in [2.05, 4.69) is 4.98 Å². The maximum atomic E-state index is 12.4. The number of nitrogens with two attached hydrogens (primary N) is 1. The minimum atomic E-state index is -3.15. The van der Waals surface area contributed by atoms with Gasteiger partial charge in [-0.15, -0.1) is 11.3 Å². The Kier molecular flexibility index (Phi) is 3.85. The van der Waals surface area contributed by atoms with Crippen molar-refractivity contribution in [1.82, 2.24) is 9.88 Å². The summed E-state index contributed by atoms with van der Waals surface area (Å²) in [7, 11) is -3.15. The van der Waals surface area contributed by atoms with Gasteiger partial charge in [-0.2, -0.15) is 0 Å². The Bertz CT molecular complexity index is 860. The van der Waals surface area contributed by atoms with Crippen molar-refractivity contribution in [2.75, 3.05) is 18.8 Å². The second-order valence-electron chi connectivity index (χ2n) is 6.57. The van der Waals surface area contributed by atoms with Crippen LogP contribution in [-0.2, 0) is 21.1 Å². The Morgan fingerprint density at radius 1 is 1.33 bits per heavy atom. The zero-order valence-electron chi connectivity index (χ0n) is 13.1. The van der Waals surface area contributed by atoms with E-state index in [0.717, 1.165) is 15.2 Å². The summed E-state index contributed by atoms with van der Waals surface area (Å²) in [5, 5.41) is 0.465. The second kappa shape index (κ2) is 5.79. The molecule has 1 amide bonds. The Labute approximate surface area is 144 Å². The summed E-state index contributed by atoms with van der Waals surface area (Å²) >= 11 is 1.60. The number of benzene rings is 1. The first-order valence-corrected chi connectivity index (χ1v) is 10.6. The van der Waals surface area contributed by atoms with E-state index in [1.165, 1.54) is 0 Å². The average molecular weight is 365 g/mol. The highest BCUT2D eigenvalue weighted by molar-refractivity contribution is 7.92. The molecule has 0 aliphatic carbocycles. The normalized spacial score (nSPS) is 28.4. The van der Waals surface area contributed by atoms with Crippen molar-refractivity contribution < 1.29 is 13.2 Å². The van der Waals surface area contributed by atoms with Gasteiger partial charge < -0.3 is 10.6 Å². The lowest BCUT2D eigenvalue weighted by atomic mass is 10.0. The van der Waals surface area contributed by atoms with Crippen LogP contribution in [0.15, 0.2) is 24.3 Å². The summed E-state index contributed by atoms with van der Waals surface area (Å²) in [5.41, 5.74) is 6.90. The van der Waals surface area contributed by atoms with E-state index in [1.807, 2.05) is 24.3 Å². The van der Waals surface area contributed by atoms with E-state index in [1.54, 1.807) is 16.2 Å². The van der Waals surface area contributed by atoms with E-state index >= 15 is 0 Å². The highest BCUT2D eigenvalue weighted by Crippen LogP contribution is 2.33. The summed E-state index contributed by atoms with van der Waals surface area (Å²) in [6, 6.07) is 7.56. The van der Waals surface area contributed by atoms with Gasteiger partial charge in [-0.25, -0.2) is 13.4 Å². The van der Waals surface area contributed by atoms with Crippen LogP contribution in [0.4, 0.5) is 0 Å². The van der Waals surface area contributed by atoms with Gasteiger partial charge in [0.05, 0.1) is 26.2 Å². The molecule has 1 aromatic heterocycles. The molecular formula is C16H19N3O3S2. The summed E-state index contributed by atoms with van der Waals surface area (Å²) in [5.74, 6) is -0.0664. The fourth-order valence-corrected chi connectivity index (χ4v) is 6.93. The van der Waals surface area contributed by atoms with Crippen LogP contribution < -0.4 is 5.73 Å². The van der Waals surface area contributed by atoms with Crippen molar-refractivity contribution in [2.45, 2.75) is 24.1 Å². The molecule has 2 saturated heterocycles. The number of fused-ring (bicyclic) bond motifs is 2. The Balaban J connectivity index is 1.40. The molecule has 0 bridgehead atoms. The summed E-state index contributed by atoms with van der Waals surface area (Å²) in [4.78, 5) is 18.7. The predicted octanol–water partition coefficient (Wildman–Crippen LogP) is 0.812. The predicted molar refractivity (Wildman–Crippen MR) is 93.6 cm³/mol. The molecule has 6 nitrogen and oxygen atoms in total. The van der Waals surface area contributed by atoms with Crippen LogP contribution in [0, 0.1) is 5.92 Å². The number of sulfone groups is 1. The third-order valence-electron chi connectivity index (χ3n) is 4.99. The third kappa shape index (κ3) is 2.72. The van der Waals surface area contributed by atoms with Gasteiger partial charge in [0.2, 0.25) is 5.91 Å². The van der Waals surface area contributed by atoms with Crippen molar-refractivity contribution in [3.05, 3.63) is 29.3 Å². The summed E-state index contributed by atoms with van der Waals surface area (Å²) in [6.45, 7) is 0.753. The number of thiazole rings is 1. The number of carbonyl (C=O) groups excluding carboxylic acids is 1. The molecule has 2 N–H and O–H groups in total. The van der Waals surface area contributed by atoms with Crippen molar-refractivity contribution in [2.24, 2.45) is 11.7 Å². The number of carbonyl (C=O) groups is 1. The molecule has 24 heavy (non-hydrogen) atoms. The lowest BCUT2D eigenvalue weighted by Gasteiger charge is -2.18. The number of amides is 1. The van der Waals surface area contributed by atoms with Crippen molar-refractivity contribution >= 4 is 37.3 Å². The molecule has 0 unspecified atom stereocenters. The number of hydrogen-bond acceptors (Lipinski definition) is 6. The van der Waals surface area contributed by atoms with E-state index in [0.29, 0.717) is 25.9 Å². The third-order valence-corrected chi connectivity index (χ3v) is 8.36. The molecule has 3 atom stereocenters. The monoisotopic (exact) mass is 365 g/mol. The second-order valence-corrected chi connectivity index (χ2v) is 9.95. The van der Waals surface area contributed by atoms with Crippen LogP contribution >= 0.6 is 11.3 Å². The highest BCUT2D eigenvalue weighted by atomic mass is 32.2. The molecule has 3 heterocycles. The topological polar surface area (TPSA) is 93.4 Å². The van der Waals surface area contributed by atoms with Crippen molar-refractivity contribution in [1.29, 1.82) is 0 Å². The van der Waals surface area contributed by atoms with E-state index in [9.17, 15) is 13.2 Å². The first-order valence-electron chi connectivity index (χ1n) is 8.03. The van der Waals surface area contributed by atoms with Crippen molar-refractivity contribution in [3.8, 4) is 0 Å². The van der Waals surface area contributed by atoms with Crippen LogP contribution in [0.2, 0.25) is 0 Å². The molecule has 0 spiro atoms. The van der Waals surface area contributed by atoms with Gasteiger partial charge in [0.1, 0.15) is 0 Å². The van der Waals surface area contributed by atoms with Crippen LogP contribution in [0.25, 0.3) is 10.2 Å². The van der Waals surface area contributed by atoms with Gasteiger partial charge in [-0.1, -0.05) is 12.1 Å². The van der Waals surface area contributed by atoms with Gasteiger partial charge in [0, 0.05) is 37.9 Å². The van der Waals surface area contributed by atoms with Gasteiger partial charge >= 0.3 is 0 Å². The number of rotatable bonds is 3. The lowest BCUT2D eigenvalue weighted by molar-refractivity contribution is -0.130. The summed E-state index contributed by atoms with van der Waals surface area (Å²) in [6.07, 6.45) is 0.942. The first-order chi connectivity index (χ1) is 11.4.